The van der Waals surface area contributed by atoms with Gasteiger partial charge in [-0.15, -0.1) is 0 Å². The van der Waals surface area contributed by atoms with Crippen LogP contribution in [0.15, 0.2) is 30.7 Å². The summed E-state index contributed by atoms with van der Waals surface area (Å²) < 4.78 is 2.18. The summed E-state index contributed by atoms with van der Waals surface area (Å²) in [7, 11) is 0. The van der Waals surface area contributed by atoms with E-state index in [-0.39, 0.29) is 5.91 Å². The second-order valence-corrected chi connectivity index (χ2v) is 6.78. The molecule has 1 saturated carbocycles. The standard InChI is InChI=1S/C18H23N5O/c1-13-19-8-10-23(13)16-3-2-9-22(12-16)18(24)14-4-7-17(20-11-14)21-15-5-6-15/h4,7-8,10-11,15-16H,2-3,5-6,9,12H2,1H3,(H,20,21)/t16-/m1/s1. The molecule has 2 fully saturated rings. The van der Waals surface area contributed by atoms with Gasteiger partial charge in [0, 0.05) is 37.7 Å². The number of amides is 1. The predicted molar refractivity (Wildman–Crippen MR) is 92.0 cm³/mol. The van der Waals surface area contributed by atoms with Crippen LogP contribution >= 0.6 is 0 Å². The van der Waals surface area contributed by atoms with Crippen LogP contribution in [-0.2, 0) is 0 Å². The van der Waals surface area contributed by atoms with Crippen LogP contribution < -0.4 is 5.32 Å². The number of rotatable bonds is 4. The first kappa shape index (κ1) is 15.2. The van der Waals surface area contributed by atoms with Crippen LogP contribution in [0.25, 0.3) is 0 Å². The molecule has 1 atom stereocenters. The van der Waals surface area contributed by atoms with Gasteiger partial charge in [-0.1, -0.05) is 0 Å². The molecule has 1 aliphatic heterocycles. The lowest BCUT2D eigenvalue weighted by atomic mass is 10.0. The number of pyridine rings is 1. The second kappa shape index (κ2) is 6.26. The van der Waals surface area contributed by atoms with Gasteiger partial charge >= 0.3 is 0 Å². The molecule has 1 amide bonds. The number of nitrogens with zero attached hydrogens (tertiary/aromatic N) is 4. The molecule has 2 aromatic rings. The lowest BCUT2D eigenvalue weighted by molar-refractivity contribution is 0.0678. The molecule has 126 valence electrons. The van der Waals surface area contributed by atoms with E-state index < -0.39 is 0 Å². The molecule has 2 aliphatic rings. The number of hydrogen-bond donors (Lipinski definition) is 1. The number of imidazole rings is 1. The Bertz CT molecular complexity index is 719. The van der Waals surface area contributed by atoms with Crippen LogP contribution in [0.2, 0.25) is 0 Å². The highest BCUT2D eigenvalue weighted by atomic mass is 16.2. The molecule has 6 heteroatoms. The maximum absolute atomic E-state index is 12.8. The zero-order valence-corrected chi connectivity index (χ0v) is 14.0. The maximum atomic E-state index is 12.8. The van der Waals surface area contributed by atoms with Gasteiger partial charge in [-0.25, -0.2) is 9.97 Å². The molecule has 0 spiro atoms. The molecule has 0 radical (unpaired) electrons. The summed E-state index contributed by atoms with van der Waals surface area (Å²) in [6.07, 6.45) is 10.1. The molecule has 1 aliphatic carbocycles. The van der Waals surface area contributed by atoms with E-state index in [1.165, 1.54) is 12.8 Å². The monoisotopic (exact) mass is 325 g/mol. The first-order valence-corrected chi connectivity index (χ1v) is 8.72. The number of anilines is 1. The fraction of sp³-hybridized carbons (Fsp3) is 0.500. The van der Waals surface area contributed by atoms with Crippen molar-refractivity contribution in [2.24, 2.45) is 0 Å². The molecule has 6 nitrogen and oxygen atoms in total. The van der Waals surface area contributed by atoms with Crippen molar-refractivity contribution in [3.8, 4) is 0 Å². The minimum atomic E-state index is 0.0722. The molecule has 4 rings (SSSR count). The van der Waals surface area contributed by atoms with Gasteiger partial charge in [-0.3, -0.25) is 4.79 Å². The van der Waals surface area contributed by atoms with Gasteiger partial charge in [0.15, 0.2) is 0 Å². The highest BCUT2D eigenvalue weighted by Crippen LogP contribution is 2.25. The fourth-order valence-electron chi connectivity index (χ4n) is 3.36. The van der Waals surface area contributed by atoms with Gasteiger partial charge in [-0.2, -0.15) is 0 Å². The largest absolute Gasteiger partial charge is 0.367 e. The lowest BCUT2D eigenvalue weighted by Crippen LogP contribution is -2.40. The van der Waals surface area contributed by atoms with Crippen LogP contribution in [0.1, 0.15) is 47.9 Å². The van der Waals surface area contributed by atoms with Crippen molar-refractivity contribution in [2.75, 3.05) is 18.4 Å². The van der Waals surface area contributed by atoms with Crippen LogP contribution in [0, 0.1) is 6.92 Å². The van der Waals surface area contributed by atoms with E-state index in [1.807, 2.05) is 36.4 Å². The lowest BCUT2D eigenvalue weighted by Gasteiger charge is -2.34. The Kier molecular flexibility index (Phi) is 3.96. The third-order valence-corrected chi connectivity index (χ3v) is 4.88. The van der Waals surface area contributed by atoms with Gasteiger partial charge in [0.1, 0.15) is 11.6 Å². The van der Waals surface area contributed by atoms with Crippen molar-refractivity contribution in [2.45, 2.75) is 44.7 Å². The van der Waals surface area contributed by atoms with E-state index in [9.17, 15) is 4.79 Å². The smallest absolute Gasteiger partial charge is 0.255 e. The number of piperidine rings is 1. The highest BCUT2D eigenvalue weighted by molar-refractivity contribution is 5.94. The molecule has 24 heavy (non-hydrogen) atoms. The van der Waals surface area contributed by atoms with E-state index >= 15 is 0 Å². The Morgan fingerprint density at radius 3 is 2.79 bits per heavy atom. The quantitative estimate of drug-likeness (QED) is 0.938. The molecule has 0 aromatic carbocycles. The van der Waals surface area contributed by atoms with Crippen LogP contribution in [0.5, 0.6) is 0 Å². The van der Waals surface area contributed by atoms with Gasteiger partial charge in [0.05, 0.1) is 11.6 Å². The van der Waals surface area contributed by atoms with Crippen molar-refractivity contribution in [3.05, 3.63) is 42.1 Å². The topological polar surface area (TPSA) is 63.1 Å². The summed E-state index contributed by atoms with van der Waals surface area (Å²) in [5, 5.41) is 3.35. The molecule has 0 bridgehead atoms. The number of nitrogens with one attached hydrogen (secondary N) is 1. The Balaban J connectivity index is 1.44. The van der Waals surface area contributed by atoms with E-state index in [0.29, 0.717) is 17.6 Å². The van der Waals surface area contributed by atoms with Crippen molar-refractivity contribution in [1.29, 1.82) is 0 Å². The summed E-state index contributed by atoms with van der Waals surface area (Å²) >= 11 is 0. The first-order valence-electron chi connectivity index (χ1n) is 8.72. The molecule has 0 unspecified atom stereocenters. The first-order chi connectivity index (χ1) is 11.7. The van der Waals surface area contributed by atoms with E-state index in [4.69, 9.17) is 0 Å². The van der Waals surface area contributed by atoms with E-state index in [1.54, 1.807) is 6.20 Å². The van der Waals surface area contributed by atoms with Crippen molar-refractivity contribution in [3.63, 3.8) is 0 Å². The summed E-state index contributed by atoms with van der Waals surface area (Å²) in [6, 6.07) is 4.67. The predicted octanol–water partition coefficient (Wildman–Crippen LogP) is 2.64. The number of hydrogen-bond acceptors (Lipinski definition) is 4. The SMILES string of the molecule is Cc1nccn1[C@@H]1CCCN(C(=O)c2ccc(NC3CC3)nc2)C1. The highest BCUT2D eigenvalue weighted by Gasteiger charge is 2.26. The summed E-state index contributed by atoms with van der Waals surface area (Å²) in [6.45, 7) is 3.56. The van der Waals surface area contributed by atoms with Gasteiger partial charge < -0.3 is 14.8 Å². The van der Waals surface area contributed by atoms with Gasteiger partial charge in [0.2, 0.25) is 0 Å². The van der Waals surface area contributed by atoms with E-state index in [0.717, 1.165) is 37.6 Å². The summed E-state index contributed by atoms with van der Waals surface area (Å²) in [5.74, 6) is 1.94. The molecular weight excluding hydrogens is 302 g/mol. The number of carbonyl (C=O) groups is 1. The van der Waals surface area contributed by atoms with Crippen LogP contribution in [0.3, 0.4) is 0 Å². The fourth-order valence-corrected chi connectivity index (χ4v) is 3.36. The zero-order valence-electron chi connectivity index (χ0n) is 14.0. The van der Waals surface area contributed by atoms with Crippen molar-refractivity contribution >= 4 is 11.7 Å². The Hall–Kier alpha value is -2.37. The number of aryl methyl sites for hydroxylation is 1. The zero-order chi connectivity index (χ0) is 16.5. The van der Waals surface area contributed by atoms with E-state index in [2.05, 4.69) is 19.9 Å². The number of aromatic nitrogens is 3. The second-order valence-electron chi connectivity index (χ2n) is 6.78. The Morgan fingerprint density at radius 1 is 1.25 bits per heavy atom. The average molecular weight is 325 g/mol. The minimum Gasteiger partial charge on any atom is -0.367 e. The minimum absolute atomic E-state index is 0.0722. The maximum Gasteiger partial charge on any atom is 0.255 e. The Morgan fingerprint density at radius 2 is 2.12 bits per heavy atom. The van der Waals surface area contributed by atoms with Crippen molar-refractivity contribution < 1.29 is 4.79 Å². The summed E-state index contributed by atoms with van der Waals surface area (Å²) in [5.41, 5.74) is 0.666. The number of likely N-dealkylation sites (tertiary alicyclic amines) is 1. The molecule has 2 aromatic heterocycles. The summed E-state index contributed by atoms with van der Waals surface area (Å²) in [4.78, 5) is 23.4. The molecule has 3 heterocycles. The van der Waals surface area contributed by atoms with Crippen molar-refractivity contribution in [1.82, 2.24) is 19.4 Å². The third-order valence-electron chi connectivity index (χ3n) is 4.88. The average Bonchev–Trinajstić information content (AvgIpc) is 3.33. The molecule has 1 saturated heterocycles. The molecular formula is C18H23N5O. The van der Waals surface area contributed by atoms with Crippen LogP contribution in [-0.4, -0.2) is 44.5 Å². The van der Waals surface area contributed by atoms with Gasteiger partial charge in [0.25, 0.3) is 5.91 Å². The normalized spacial score (nSPS) is 20.9. The Labute approximate surface area is 141 Å². The third kappa shape index (κ3) is 3.13. The van der Waals surface area contributed by atoms with Gasteiger partial charge in [-0.05, 0) is 44.7 Å². The molecule has 1 N–H and O–H groups in total. The number of carbonyl (C=O) groups excluding carboxylic acids is 1. The van der Waals surface area contributed by atoms with Crippen LogP contribution in [0.4, 0.5) is 5.82 Å².